The number of carboxylic acid groups (broad SMARTS) is 1. The van der Waals surface area contributed by atoms with E-state index in [1.807, 2.05) is 0 Å². The molecule has 2 bridgehead atoms. The van der Waals surface area contributed by atoms with Crippen molar-refractivity contribution in [3.05, 3.63) is 12.2 Å². The Labute approximate surface area is 79.6 Å². The highest BCUT2D eigenvalue weighted by Crippen LogP contribution is 2.58. The maximum Gasteiger partial charge on any atom is 0.290 e. The Bertz CT molecular complexity index is 218. The van der Waals surface area contributed by atoms with Gasteiger partial charge in [0.15, 0.2) is 0 Å². The fourth-order valence-electron chi connectivity index (χ4n) is 2.74. The van der Waals surface area contributed by atoms with Gasteiger partial charge in [0.1, 0.15) is 0 Å². The summed E-state index contributed by atoms with van der Waals surface area (Å²) in [5, 5.41) is 6.89. The smallest absolute Gasteiger partial charge is 0.290 e. The highest BCUT2D eigenvalue weighted by molar-refractivity contribution is 5.32. The van der Waals surface area contributed by atoms with Crippen LogP contribution in [-0.4, -0.2) is 11.6 Å². The highest BCUT2D eigenvalue weighted by Gasteiger charge is 2.47. The van der Waals surface area contributed by atoms with Crippen LogP contribution < -0.4 is 0 Å². The number of hydrogen-bond acceptors (Lipinski definition) is 1. The topological polar surface area (TPSA) is 37.3 Å². The van der Waals surface area contributed by atoms with E-state index in [2.05, 4.69) is 20.4 Å². The van der Waals surface area contributed by atoms with Crippen molar-refractivity contribution in [3.63, 3.8) is 0 Å². The van der Waals surface area contributed by atoms with Crippen molar-refractivity contribution < 1.29 is 9.90 Å². The Kier molecular flexibility index (Phi) is 2.79. The molecule has 2 nitrogen and oxygen atoms in total. The van der Waals surface area contributed by atoms with Gasteiger partial charge in [-0.1, -0.05) is 26.0 Å². The fraction of sp³-hybridized carbons (Fsp3) is 0.727. The molecule has 74 valence electrons. The molecule has 2 aliphatic carbocycles. The molecule has 0 heterocycles. The number of fused-ring (bicyclic) bond motifs is 2. The first kappa shape index (κ1) is 10.3. The van der Waals surface area contributed by atoms with Crippen LogP contribution >= 0.6 is 0 Å². The molecular weight excluding hydrogens is 164 g/mol. The molecule has 0 aromatic carbocycles. The van der Waals surface area contributed by atoms with E-state index in [0.29, 0.717) is 5.41 Å². The summed E-state index contributed by atoms with van der Waals surface area (Å²) in [7, 11) is 0. The molecule has 1 N–H and O–H groups in total. The zero-order chi connectivity index (χ0) is 10.1. The largest absolute Gasteiger partial charge is 0.483 e. The molecule has 2 aliphatic rings. The van der Waals surface area contributed by atoms with Crippen LogP contribution in [0, 0.1) is 17.3 Å². The molecule has 2 heteroatoms. The van der Waals surface area contributed by atoms with E-state index in [9.17, 15) is 0 Å². The van der Waals surface area contributed by atoms with Crippen LogP contribution in [0.25, 0.3) is 0 Å². The summed E-state index contributed by atoms with van der Waals surface area (Å²) >= 11 is 0. The quantitative estimate of drug-likeness (QED) is 0.462. The van der Waals surface area contributed by atoms with E-state index < -0.39 is 0 Å². The summed E-state index contributed by atoms with van der Waals surface area (Å²) < 4.78 is 0. The zero-order valence-electron chi connectivity index (χ0n) is 8.42. The average molecular weight is 182 g/mol. The van der Waals surface area contributed by atoms with Gasteiger partial charge >= 0.3 is 0 Å². The third kappa shape index (κ3) is 1.62. The molecule has 2 fully saturated rings. The SMILES string of the molecule is C=C1C2CCC(C2)C1(C)C.O=CO. The molecule has 2 rings (SSSR count). The molecule has 0 spiro atoms. The number of allylic oxidation sites excluding steroid dienone is 1. The van der Waals surface area contributed by atoms with E-state index in [0.717, 1.165) is 11.8 Å². The van der Waals surface area contributed by atoms with Gasteiger partial charge in [-0.3, -0.25) is 4.79 Å². The standard InChI is InChI=1S/C10H16.CH2O2/c1-7-8-4-5-9(6-8)10(7,2)3;2-1-3/h8-9H,1,4-6H2,2-3H3;1H,(H,2,3). The minimum Gasteiger partial charge on any atom is -0.483 e. The van der Waals surface area contributed by atoms with Crippen molar-refractivity contribution in [2.75, 3.05) is 0 Å². The first-order valence-electron chi connectivity index (χ1n) is 4.81. The maximum absolute atomic E-state index is 8.36. The van der Waals surface area contributed by atoms with Gasteiger partial charge in [0.05, 0.1) is 0 Å². The van der Waals surface area contributed by atoms with Crippen molar-refractivity contribution in [3.8, 4) is 0 Å². The molecule has 0 aliphatic heterocycles. The zero-order valence-corrected chi connectivity index (χ0v) is 8.42. The average Bonchev–Trinajstić information content (AvgIpc) is 2.57. The first-order chi connectivity index (χ1) is 6.04. The third-order valence-electron chi connectivity index (χ3n) is 3.77. The first-order valence-corrected chi connectivity index (χ1v) is 4.81. The molecule has 13 heavy (non-hydrogen) atoms. The van der Waals surface area contributed by atoms with Crippen LogP contribution in [-0.2, 0) is 4.79 Å². The predicted molar refractivity (Wildman–Crippen MR) is 52.4 cm³/mol. The van der Waals surface area contributed by atoms with Crippen molar-refractivity contribution in [1.82, 2.24) is 0 Å². The number of rotatable bonds is 0. The van der Waals surface area contributed by atoms with Gasteiger partial charge in [-0.15, -0.1) is 0 Å². The Hall–Kier alpha value is -0.790. The van der Waals surface area contributed by atoms with E-state index in [4.69, 9.17) is 9.90 Å². The van der Waals surface area contributed by atoms with Gasteiger partial charge in [-0.2, -0.15) is 0 Å². The van der Waals surface area contributed by atoms with Crippen molar-refractivity contribution in [2.24, 2.45) is 17.3 Å². The minimum absolute atomic E-state index is 0.250. The normalized spacial score (nSPS) is 33.8. The van der Waals surface area contributed by atoms with Crippen molar-refractivity contribution >= 4 is 6.47 Å². The number of carbonyl (C=O) groups is 1. The second kappa shape index (κ2) is 3.52. The summed E-state index contributed by atoms with van der Waals surface area (Å²) in [5.74, 6) is 1.85. The van der Waals surface area contributed by atoms with E-state index in [-0.39, 0.29) is 6.47 Å². The van der Waals surface area contributed by atoms with Crippen LogP contribution in [0.3, 0.4) is 0 Å². The van der Waals surface area contributed by atoms with Crippen LogP contribution in [0.15, 0.2) is 12.2 Å². The molecule has 0 amide bonds. The molecule has 2 saturated carbocycles. The lowest BCUT2D eigenvalue weighted by atomic mass is 9.73. The van der Waals surface area contributed by atoms with Crippen LogP contribution in [0.1, 0.15) is 33.1 Å². The molecule has 0 saturated heterocycles. The van der Waals surface area contributed by atoms with Crippen LogP contribution in [0.2, 0.25) is 0 Å². The Morgan fingerprint density at radius 3 is 2.31 bits per heavy atom. The molecule has 2 atom stereocenters. The summed E-state index contributed by atoms with van der Waals surface area (Å²) in [6, 6.07) is 0. The third-order valence-corrected chi connectivity index (χ3v) is 3.77. The number of hydrogen-bond donors (Lipinski definition) is 1. The van der Waals surface area contributed by atoms with Crippen LogP contribution in [0.4, 0.5) is 0 Å². The summed E-state index contributed by atoms with van der Waals surface area (Å²) in [6.45, 7) is 8.66. The van der Waals surface area contributed by atoms with E-state index in [1.165, 1.54) is 24.8 Å². The molecule has 2 unspecified atom stereocenters. The summed E-state index contributed by atoms with van der Waals surface area (Å²) in [6.07, 6.45) is 4.31. The lowest BCUT2D eigenvalue weighted by molar-refractivity contribution is -0.122. The maximum atomic E-state index is 8.36. The second-order valence-corrected chi connectivity index (χ2v) is 4.56. The van der Waals surface area contributed by atoms with Gasteiger partial charge in [-0.05, 0) is 36.5 Å². The van der Waals surface area contributed by atoms with Crippen molar-refractivity contribution in [2.45, 2.75) is 33.1 Å². The molecule has 0 aromatic heterocycles. The Morgan fingerprint density at radius 1 is 1.54 bits per heavy atom. The van der Waals surface area contributed by atoms with E-state index in [1.54, 1.807) is 0 Å². The Balaban J connectivity index is 0.000000251. The minimum atomic E-state index is -0.250. The van der Waals surface area contributed by atoms with Gasteiger partial charge in [0, 0.05) is 0 Å². The summed E-state index contributed by atoms with van der Waals surface area (Å²) in [4.78, 5) is 8.36. The van der Waals surface area contributed by atoms with Gasteiger partial charge in [0.2, 0.25) is 0 Å². The van der Waals surface area contributed by atoms with Gasteiger partial charge in [-0.25, -0.2) is 0 Å². The fourth-order valence-corrected chi connectivity index (χ4v) is 2.74. The molecule has 0 radical (unpaired) electrons. The predicted octanol–water partition coefficient (Wildman–Crippen LogP) is 2.70. The van der Waals surface area contributed by atoms with Gasteiger partial charge in [0.25, 0.3) is 6.47 Å². The monoisotopic (exact) mass is 182 g/mol. The highest BCUT2D eigenvalue weighted by atomic mass is 16.3. The molecular formula is C11H18O2. The van der Waals surface area contributed by atoms with Crippen LogP contribution in [0.5, 0.6) is 0 Å². The lowest BCUT2D eigenvalue weighted by Gasteiger charge is -2.31. The van der Waals surface area contributed by atoms with E-state index >= 15 is 0 Å². The van der Waals surface area contributed by atoms with Crippen molar-refractivity contribution in [1.29, 1.82) is 0 Å². The second-order valence-electron chi connectivity index (χ2n) is 4.56. The Morgan fingerprint density at radius 2 is 2.08 bits per heavy atom. The summed E-state index contributed by atoms with van der Waals surface area (Å²) in [5.41, 5.74) is 2.01. The van der Waals surface area contributed by atoms with Gasteiger partial charge < -0.3 is 5.11 Å². The molecule has 0 aromatic rings. The lowest BCUT2D eigenvalue weighted by Crippen LogP contribution is -2.21.